The van der Waals surface area contributed by atoms with Crippen LogP contribution in [0.4, 0.5) is 0 Å². The predicted molar refractivity (Wildman–Crippen MR) is 194 cm³/mol. The summed E-state index contributed by atoms with van der Waals surface area (Å²) in [6.45, 7) is 7.57. The van der Waals surface area contributed by atoms with Crippen molar-refractivity contribution in [2.45, 2.75) is 40.0 Å². The summed E-state index contributed by atoms with van der Waals surface area (Å²) in [5.41, 5.74) is 12.4. The lowest BCUT2D eigenvalue weighted by Gasteiger charge is -2.38. The van der Waals surface area contributed by atoms with Crippen molar-refractivity contribution in [1.82, 2.24) is 14.5 Å². The van der Waals surface area contributed by atoms with Crippen molar-refractivity contribution >= 4 is 17.0 Å². The summed E-state index contributed by atoms with van der Waals surface area (Å²) < 4.78 is 2.50. The van der Waals surface area contributed by atoms with Gasteiger partial charge in [-0.3, -0.25) is 0 Å². The summed E-state index contributed by atoms with van der Waals surface area (Å²) in [5.74, 6) is 1.88. The van der Waals surface area contributed by atoms with Gasteiger partial charge >= 0.3 is 0 Å². The first kappa shape index (κ1) is 28.2. The van der Waals surface area contributed by atoms with Crippen molar-refractivity contribution in [2.24, 2.45) is 22.7 Å². The van der Waals surface area contributed by atoms with Crippen molar-refractivity contribution in [1.29, 1.82) is 0 Å². The summed E-state index contributed by atoms with van der Waals surface area (Å²) in [6.07, 6.45) is 11.1. The molecule has 3 atom stereocenters. The Morgan fingerprint density at radius 3 is 2.06 bits per heavy atom. The largest absolute Gasteiger partial charge is 0.310 e. The van der Waals surface area contributed by atoms with Gasteiger partial charge in [0.05, 0.1) is 22.6 Å². The SMILES string of the molecule is CC12CCC=CC1C(C)(C)C1Cc3c(n(-c4ccc(-c5cc(-c6ccccc6)nc(-c6ccccc6)n5)cc4)c4ccccc34)C=C12. The molecule has 47 heavy (non-hydrogen) atoms. The lowest BCUT2D eigenvalue weighted by Crippen LogP contribution is -2.31. The average molecular weight is 610 g/mol. The Balaban J connectivity index is 1.17. The van der Waals surface area contributed by atoms with Gasteiger partial charge in [0.1, 0.15) is 0 Å². The topological polar surface area (TPSA) is 30.7 Å². The summed E-state index contributed by atoms with van der Waals surface area (Å²) in [5, 5.41) is 1.38. The smallest absolute Gasteiger partial charge is 0.160 e. The Kier molecular flexibility index (Phi) is 6.31. The third-order valence-electron chi connectivity index (χ3n) is 11.5. The van der Waals surface area contributed by atoms with Crippen LogP contribution < -0.4 is 0 Å². The van der Waals surface area contributed by atoms with E-state index in [1.807, 2.05) is 24.3 Å². The number of rotatable bonds is 4. The Morgan fingerprint density at radius 2 is 1.34 bits per heavy atom. The molecule has 9 rings (SSSR count). The molecule has 3 nitrogen and oxygen atoms in total. The van der Waals surface area contributed by atoms with Crippen molar-refractivity contribution in [3.8, 4) is 39.6 Å². The Hall–Kier alpha value is -5.02. The van der Waals surface area contributed by atoms with Gasteiger partial charge in [-0.25, -0.2) is 9.97 Å². The van der Waals surface area contributed by atoms with Gasteiger partial charge in [0.25, 0.3) is 0 Å². The zero-order chi connectivity index (χ0) is 31.8. The zero-order valence-electron chi connectivity index (χ0n) is 27.3. The van der Waals surface area contributed by atoms with Crippen LogP contribution in [0.1, 0.15) is 44.9 Å². The van der Waals surface area contributed by atoms with E-state index in [1.165, 1.54) is 40.7 Å². The molecule has 3 aliphatic rings. The van der Waals surface area contributed by atoms with Gasteiger partial charge in [0.15, 0.2) is 5.82 Å². The van der Waals surface area contributed by atoms with Crippen LogP contribution in [-0.4, -0.2) is 14.5 Å². The van der Waals surface area contributed by atoms with E-state index >= 15 is 0 Å². The molecular formula is C44H39N3. The standard InChI is InChI=1S/C44H39N3/c1-43(2)35-26-34-33-18-10-11-19-39(33)47(40(34)27-36(35)44(3)25-13-12-20-41(43)44)32-23-21-30(22-24-32)38-28-37(29-14-6-4-7-15-29)45-42(46-38)31-16-8-5-9-17-31/h4-12,14-24,27-28,35,41H,13,25-26H2,1-3H3. The fourth-order valence-electron chi connectivity index (χ4n) is 9.20. The summed E-state index contributed by atoms with van der Waals surface area (Å²) in [6, 6.07) is 40.8. The van der Waals surface area contributed by atoms with E-state index in [2.05, 4.69) is 135 Å². The highest BCUT2D eigenvalue weighted by molar-refractivity contribution is 5.91. The second-order valence-corrected chi connectivity index (χ2v) is 14.5. The number of fused-ring (bicyclic) bond motifs is 6. The number of nitrogens with zero attached hydrogens (tertiary/aromatic N) is 3. The molecule has 0 spiro atoms. The van der Waals surface area contributed by atoms with Crippen LogP contribution in [0, 0.1) is 22.7 Å². The number of hydrogen-bond acceptors (Lipinski definition) is 2. The van der Waals surface area contributed by atoms with Crippen LogP contribution in [0.3, 0.4) is 0 Å². The van der Waals surface area contributed by atoms with Gasteiger partial charge in [0, 0.05) is 27.8 Å². The molecule has 0 N–H and O–H groups in total. The number of hydrogen-bond donors (Lipinski definition) is 0. The van der Waals surface area contributed by atoms with E-state index in [4.69, 9.17) is 9.97 Å². The number of para-hydroxylation sites is 1. The number of aromatic nitrogens is 3. The number of benzene rings is 4. The molecule has 6 aromatic rings. The van der Waals surface area contributed by atoms with Crippen LogP contribution in [0.15, 0.2) is 133 Å². The zero-order valence-corrected chi connectivity index (χ0v) is 27.3. The predicted octanol–water partition coefficient (Wildman–Crippen LogP) is 11.0. The minimum Gasteiger partial charge on any atom is -0.310 e. The van der Waals surface area contributed by atoms with Crippen molar-refractivity contribution in [3.63, 3.8) is 0 Å². The van der Waals surface area contributed by atoms with E-state index in [1.54, 1.807) is 5.57 Å². The molecule has 3 heteroatoms. The monoisotopic (exact) mass is 609 g/mol. The van der Waals surface area contributed by atoms with Crippen LogP contribution in [0.5, 0.6) is 0 Å². The van der Waals surface area contributed by atoms with Gasteiger partial charge in [-0.15, -0.1) is 0 Å². The van der Waals surface area contributed by atoms with Crippen LogP contribution in [-0.2, 0) is 6.42 Å². The maximum atomic E-state index is 5.07. The molecule has 230 valence electrons. The van der Waals surface area contributed by atoms with E-state index < -0.39 is 0 Å². The van der Waals surface area contributed by atoms with Crippen LogP contribution in [0.2, 0.25) is 0 Å². The van der Waals surface area contributed by atoms with Gasteiger partial charge in [-0.05, 0) is 77.8 Å². The highest BCUT2D eigenvalue weighted by atomic mass is 15.0. The third kappa shape index (κ3) is 4.33. The van der Waals surface area contributed by atoms with E-state index in [0.29, 0.717) is 11.8 Å². The molecule has 2 heterocycles. The normalized spacial score (nSPS) is 22.4. The minimum atomic E-state index is 0.214. The second kappa shape index (κ2) is 10.5. The molecule has 0 aliphatic heterocycles. The first-order valence-corrected chi connectivity index (χ1v) is 17.0. The molecule has 1 saturated carbocycles. The van der Waals surface area contributed by atoms with E-state index in [0.717, 1.165) is 40.3 Å². The lowest BCUT2D eigenvalue weighted by molar-refractivity contribution is 0.158. The minimum absolute atomic E-state index is 0.214. The molecule has 0 amide bonds. The Bertz CT molecular complexity index is 2140. The summed E-state index contributed by atoms with van der Waals surface area (Å²) in [4.78, 5) is 10.1. The van der Waals surface area contributed by atoms with Crippen molar-refractivity contribution < 1.29 is 0 Å². The molecule has 3 unspecified atom stereocenters. The van der Waals surface area contributed by atoms with Gasteiger partial charge in [-0.1, -0.05) is 129 Å². The van der Waals surface area contributed by atoms with E-state index in [-0.39, 0.29) is 10.8 Å². The quantitative estimate of drug-likeness (QED) is 0.186. The Labute approximate surface area is 277 Å². The summed E-state index contributed by atoms with van der Waals surface area (Å²) in [7, 11) is 0. The van der Waals surface area contributed by atoms with Crippen LogP contribution >= 0.6 is 0 Å². The third-order valence-corrected chi connectivity index (χ3v) is 11.5. The summed E-state index contributed by atoms with van der Waals surface area (Å²) >= 11 is 0. The first-order chi connectivity index (χ1) is 22.9. The average Bonchev–Trinajstić information content (AvgIpc) is 3.53. The van der Waals surface area contributed by atoms with Crippen LogP contribution in [0.25, 0.3) is 56.6 Å². The maximum Gasteiger partial charge on any atom is 0.160 e. The maximum absolute atomic E-state index is 5.07. The number of allylic oxidation sites excluding steroid dienone is 3. The second-order valence-electron chi connectivity index (χ2n) is 14.5. The van der Waals surface area contributed by atoms with Gasteiger partial charge in [0.2, 0.25) is 0 Å². The van der Waals surface area contributed by atoms with Crippen molar-refractivity contribution in [2.75, 3.05) is 0 Å². The molecule has 0 saturated heterocycles. The van der Waals surface area contributed by atoms with Crippen molar-refractivity contribution in [3.05, 3.63) is 144 Å². The molecule has 4 aromatic carbocycles. The first-order valence-electron chi connectivity index (χ1n) is 17.0. The van der Waals surface area contributed by atoms with Gasteiger partial charge < -0.3 is 4.57 Å². The fraction of sp³-hybridized carbons (Fsp3) is 0.227. The molecular weight excluding hydrogens is 571 g/mol. The fourth-order valence-corrected chi connectivity index (χ4v) is 9.20. The van der Waals surface area contributed by atoms with E-state index in [9.17, 15) is 0 Å². The molecule has 2 aromatic heterocycles. The molecule has 3 aliphatic carbocycles. The molecule has 1 fully saturated rings. The lowest BCUT2D eigenvalue weighted by atomic mass is 9.65. The van der Waals surface area contributed by atoms with Gasteiger partial charge in [-0.2, -0.15) is 0 Å². The Morgan fingerprint density at radius 1 is 0.702 bits per heavy atom. The molecule has 0 bridgehead atoms. The highest BCUT2D eigenvalue weighted by Crippen LogP contribution is 2.66. The highest BCUT2D eigenvalue weighted by Gasteiger charge is 2.58. The molecule has 0 radical (unpaired) electrons.